The molecule has 0 radical (unpaired) electrons. The minimum absolute atomic E-state index is 0.365. The van der Waals surface area contributed by atoms with Gasteiger partial charge in [0, 0.05) is 6.20 Å². The smallest absolute Gasteiger partial charge is 0.137 e. The second-order valence-electron chi connectivity index (χ2n) is 2.05. The predicted molar refractivity (Wildman–Crippen MR) is 39.6 cm³/mol. The first-order chi connectivity index (χ1) is 5.36. The van der Waals surface area contributed by atoms with Gasteiger partial charge in [-0.15, -0.1) is 0 Å². The van der Waals surface area contributed by atoms with Gasteiger partial charge < -0.3 is 4.74 Å². The number of nitrogens with one attached hydrogen (secondary N) is 1. The number of hydrogen-bond donors (Lipinski definition) is 1. The fourth-order valence-corrected chi connectivity index (χ4v) is 0.753. The molecule has 1 heterocycles. The van der Waals surface area contributed by atoms with Crippen LogP contribution in [0.5, 0.6) is 5.75 Å². The van der Waals surface area contributed by atoms with Crippen molar-refractivity contribution >= 4 is 0 Å². The van der Waals surface area contributed by atoms with Gasteiger partial charge in [-0.3, -0.25) is 4.98 Å². The monoisotopic (exact) mass is 151 g/mol. The van der Waals surface area contributed by atoms with Crippen LogP contribution in [0, 0.1) is 5.53 Å². The van der Waals surface area contributed by atoms with Crippen molar-refractivity contribution in [3.05, 3.63) is 24.0 Å². The van der Waals surface area contributed by atoms with E-state index in [9.17, 15) is 0 Å². The first kappa shape index (κ1) is 7.65. The van der Waals surface area contributed by atoms with Crippen molar-refractivity contribution in [3.8, 4) is 5.75 Å². The SMILES string of the molecule is COc1cncc(CN=N)c1. The highest BCUT2D eigenvalue weighted by Gasteiger charge is 1.93. The molecule has 0 aromatic carbocycles. The molecule has 0 spiro atoms. The molecular formula is C7H9N3O. The Kier molecular flexibility index (Phi) is 2.54. The van der Waals surface area contributed by atoms with Crippen molar-refractivity contribution in [2.24, 2.45) is 5.11 Å². The number of pyridine rings is 1. The molecule has 0 aliphatic carbocycles. The molecule has 58 valence electrons. The molecule has 0 atom stereocenters. The van der Waals surface area contributed by atoms with Crippen molar-refractivity contribution in [2.75, 3.05) is 7.11 Å². The molecule has 1 aromatic rings. The van der Waals surface area contributed by atoms with Crippen LogP contribution >= 0.6 is 0 Å². The lowest BCUT2D eigenvalue weighted by atomic mass is 10.3. The highest BCUT2D eigenvalue weighted by molar-refractivity contribution is 5.23. The van der Waals surface area contributed by atoms with E-state index >= 15 is 0 Å². The summed E-state index contributed by atoms with van der Waals surface area (Å²) in [5, 5.41) is 3.24. The van der Waals surface area contributed by atoms with E-state index in [4.69, 9.17) is 10.3 Å². The summed E-state index contributed by atoms with van der Waals surface area (Å²) in [6.07, 6.45) is 3.29. The first-order valence-corrected chi connectivity index (χ1v) is 3.18. The molecule has 0 saturated heterocycles. The van der Waals surface area contributed by atoms with Gasteiger partial charge in [-0.25, -0.2) is 5.53 Å². The summed E-state index contributed by atoms with van der Waals surface area (Å²) in [6, 6.07) is 1.81. The van der Waals surface area contributed by atoms with E-state index in [2.05, 4.69) is 10.1 Å². The van der Waals surface area contributed by atoms with E-state index in [1.807, 2.05) is 6.07 Å². The van der Waals surface area contributed by atoms with Crippen molar-refractivity contribution in [1.29, 1.82) is 5.53 Å². The maximum Gasteiger partial charge on any atom is 0.137 e. The van der Waals surface area contributed by atoms with Crippen LogP contribution in [0.1, 0.15) is 5.56 Å². The molecule has 0 bridgehead atoms. The molecule has 0 aliphatic heterocycles. The van der Waals surface area contributed by atoms with Gasteiger partial charge in [-0.1, -0.05) is 0 Å². The van der Waals surface area contributed by atoms with E-state index in [1.165, 1.54) is 0 Å². The zero-order chi connectivity index (χ0) is 8.10. The first-order valence-electron chi connectivity index (χ1n) is 3.18. The summed E-state index contributed by atoms with van der Waals surface area (Å²) in [5.41, 5.74) is 7.51. The van der Waals surface area contributed by atoms with Crippen LogP contribution in [0.15, 0.2) is 23.6 Å². The highest BCUT2D eigenvalue weighted by atomic mass is 16.5. The number of aromatic nitrogens is 1. The van der Waals surface area contributed by atoms with Gasteiger partial charge in [0.1, 0.15) is 5.75 Å². The van der Waals surface area contributed by atoms with Crippen molar-refractivity contribution in [1.82, 2.24) is 4.98 Å². The second-order valence-corrected chi connectivity index (χ2v) is 2.05. The molecule has 0 unspecified atom stereocenters. The van der Waals surface area contributed by atoms with Gasteiger partial charge in [0.2, 0.25) is 0 Å². The fraction of sp³-hybridized carbons (Fsp3) is 0.286. The van der Waals surface area contributed by atoms with Crippen LogP contribution in [0.4, 0.5) is 0 Å². The van der Waals surface area contributed by atoms with Crippen LogP contribution in [0.25, 0.3) is 0 Å². The average Bonchev–Trinajstić information content (AvgIpc) is 2.06. The largest absolute Gasteiger partial charge is 0.495 e. The summed E-state index contributed by atoms with van der Waals surface area (Å²) < 4.78 is 4.94. The van der Waals surface area contributed by atoms with Crippen molar-refractivity contribution < 1.29 is 4.74 Å². The average molecular weight is 151 g/mol. The van der Waals surface area contributed by atoms with Gasteiger partial charge in [0.25, 0.3) is 0 Å². The Hall–Kier alpha value is -1.45. The van der Waals surface area contributed by atoms with Crippen molar-refractivity contribution in [3.63, 3.8) is 0 Å². The Balaban J connectivity index is 2.82. The minimum atomic E-state index is 0.365. The number of methoxy groups -OCH3 is 1. The normalized spacial score (nSPS) is 9.18. The van der Waals surface area contributed by atoms with Crippen molar-refractivity contribution in [2.45, 2.75) is 6.54 Å². The quantitative estimate of drug-likeness (QED) is 0.667. The standard InChI is InChI=1S/C7H9N3O/c1-11-7-2-6(4-10-8)3-9-5-7/h2-3,5,8H,4H2,1H3. The summed E-state index contributed by atoms with van der Waals surface area (Å²) in [5.74, 6) is 0.700. The molecule has 1 aromatic heterocycles. The molecule has 1 rings (SSSR count). The Morgan fingerprint density at radius 2 is 2.45 bits per heavy atom. The maximum atomic E-state index is 6.62. The van der Waals surface area contributed by atoms with Gasteiger partial charge in [0.05, 0.1) is 19.9 Å². The number of ether oxygens (including phenoxy) is 1. The molecule has 0 aliphatic rings. The summed E-state index contributed by atoms with van der Waals surface area (Å²) in [6.45, 7) is 0.365. The third kappa shape index (κ3) is 2.00. The lowest BCUT2D eigenvalue weighted by Crippen LogP contribution is -1.87. The third-order valence-corrected chi connectivity index (χ3v) is 1.27. The zero-order valence-electron chi connectivity index (χ0n) is 6.24. The number of hydrogen-bond acceptors (Lipinski definition) is 4. The Bertz CT molecular complexity index is 249. The Morgan fingerprint density at radius 1 is 1.64 bits per heavy atom. The summed E-state index contributed by atoms with van der Waals surface area (Å²) in [4.78, 5) is 3.91. The zero-order valence-corrected chi connectivity index (χ0v) is 6.24. The Labute approximate surface area is 64.7 Å². The lowest BCUT2D eigenvalue weighted by Gasteiger charge is -1.99. The second kappa shape index (κ2) is 3.65. The fourth-order valence-electron chi connectivity index (χ4n) is 0.753. The van der Waals surface area contributed by atoms with Crippen LogP contribution in [0.2, 0.25) is 0 Å². The molecule has 11 heavy (non-hydrogen) atoms. The number of nitrogens with zero attached hydrogens (tertiary/aromatic N) is 2. The van der Waals surface area contributed by atoms with Gasteiger partial charge in [0.15, 0.2) is 0 Å². The van der Waals surface area contributed by atoms with E-state index in [-0.39, 0.29) is 0 Å². The predicted octanol–water partition coefficient (Wildman–Crippen LogP) is 1.62. The molecule has 1 N–H and O–H groups in total. The molecule has 4 heteroatoms. The number of rotatable bonds is 3. The van der Waals surface area contributed by atoms with E-state index in [0.717, 1.165) is 5.56 Å². The highest BCUT2D eigenvalue weighted by Crippen LogP contribution is 2.10. The molecule has 0 amide bonds. The Morgan fingerprint density at radius 3 is 3.09 bits per heavy atom. The van der Waals surface area contributed by atoms with Gasteiger partial charge >= 0.3 is 0 Å². The lowest BCUT2D eigenvalue weighted by molar-refractivity contribution is 0.412. The van der Waals surface area contributed by atoms with Crippen LogP contribution in [-0.2, 0) is 6.54 Å². The molecule has 0 fully saturated rings. The molecule has 0 saturated carbocycles. The van der Waals surface area contributed by atoms with E-state index in [0.29, 0.717) is 12.3 Å². The minimum Gasteiger partial charge on any atom is -0.495 e. The molecule has 4 nitrogen and oxygen atoms in total. The maximum absolute atomic E-state index is 6.62. The van der Waals surface area contributed by atoms with Crippen LogP contribution < -0.4 is 4.74 Å². The van der Waals surface area contributed by atoms with Crippen LogP contribution in [0.3, 0.4) is 0 Å². The molecular weight excluding hydrogens is 142 g/mol. The van der Waals surface area contributed by atoms with E-state index in [1.54, 1.807) is 19.5 Å². The van der Waals surface area contributed by atoms with Gasteiger partial charge in [-0.2, -0.15) is 5.11 Å². The van der Waals surface area contributed by atoms with Gasteiger partial charge in [-0.05, 0) is 11.6 Å². The summed E-state index contributed by atoms with van der Waals surface area (Å²) >= 11 is 0. The topological polar surface area (TPSA) is 58.3 Å². The van der Waals surface area contributed by atoms with Crippen LogP contribution in [-0.4, -0.2) is 12.1 Å². The third-order valence-electron chi connectivity index (χ3n) is 1.27. The summed E-state index contributed by atoms with van der Waals surface area (Å²) in [7, 11) is 1.58. The van der Waals surface area contributed by atoms with E-state index < -0.39 is 0 Å².